The number of carbonyl (C=O) groups excluding carboxylic acids is 1. The van der Waals surface area contributed by atoms with Crippen molar-refractivity contribution in [2.75, 3.05) is 13.1 Å². The number of carbonyl (C=O) groups is 1. The highest BCUT2D eigenvalue weighted by Gasteiger charge is 2.19. The van der Waals surface area contributed by atoms with E-state index in [1.165, 1.54) is 0 Å². The van der Waals surface area contributed by atoms with Crippen molar-refractivity contribution in [1.82, 2.24) is 9.88 Å². The van der Waals surface area contributed by atoms with Crippen molar-refractivity contribution in [3.8, 4) is 0 Å². The summed E-state index contributed by atoms with van der Waals surface area (Å²) in [5.74, 6) is 0.912. The maximum absolute atomic E-state index is 12.4. The molecule has 1 fully saturated rings. The summed E-state index contributed by atoms with van der Waals surface area (Å²) < 4.78 is 5.79. The van der Waals surface area contributed by atoms with E-state index in [0.717, 1.165) is 59.5 Å². The molecule has 1 saturated heterocycles. The molecule has 1 aromatic heterocycles. The van der Waals surface area contributed by atoms with Crippen molar-refractivity contribution in [3.63, 3.8) is 0 Å². The van der Waals surface area contributed by atoms with Gasteiger partial charge in [-0.05, 0) is 49.1 Å². The zero-order valence-electron chi connectivity index (χ0n) is 14.2. The Balaban J connectivity index is 1.42. The number of benzene rings is 2. The third-order valence-corrected chi connectivity index (χ3v) is 5.46. The van der Waals surface area contributed by atoms with E-state index in [0.29, 0.717) is 5.22 Å². The number of amides is 1. The van der Waals surface area contributed by atoms with Gasteiger partial charge in [0, 0.05) is 24.4 Å². The molecular weight excluding hydrogens is 332 g/mol. The number of oxazole rings is 1. The van der Waals surface area contributed by atoms with Crippen LogP contribution in [0.2, 0.25) is 0 Å². The van der Waals surface area contributed by atoms with Crippen LogP contribution in [0.5, 0.6) is 0 Å². The Morgan fingerprint density at radius 1 is 1.16 bits per heavy atom. The van der Waals surface area contributed by atoms with Gasteiger partial charge in [0.2, 0.25) is 0 Å². The first-order chi connectivity index (χ1) is 12.2. The second kappa shape index (κ2) is 6.92. The monoisotopic (exact) mass is 352 g/mol. The van der Waals surface area contributed by atoms with E-state index in [-0.39, 0.29) is 5.91 Å². The molecule has 2 heterocycles. The van der Waals surface area contributed by atoms with Crippen LogP contribution in [0.15, 0.2) is 52.1 Å². The lowest BCUT2D eigenvalue weighted by Gasteiger charge is -2.15. The van der Waals surface area contributed by atoms with Gasteiger partial charge in [-0.2, -0.15) is 0 Å². The zero-order valence-corrected chi connectivity index (χ0v) is 15.0. The van der Waals surface area contributed by atoms with Crippen LogP contribution in [-0.4, -0.2) is 28.9 Å². The average Bonchev–Trinajstić information content (AvgIpc) is 3.30. The van der Waals surface area contributed by atoms with Crippen molar-refractivity contribution in [2.24, 2.45) is 0 Å². The summed E-state index contributed by atoms with van der Waals surface area (Å²) >= 11 is 1.57. The molecule has 1 amide bonds. The largest absolute Gasteiger partial charge is 0.431 e. The van der Waals surface area contributed by atoms with Gasteiger partial charge in [0.25, 0.3) is 11.1 Å². The third-order valence-electron chi connectivity index (χ3n) is 4.56. The van der Waals surface area contributed by atoms with E-state index in [4.69, 9.17) is 4.42 Å². The molecule has 4 nitrogen and oxygen atoms in total. The Morgan fingerprint density at radius 3 is 2.64 bits per heavy atom. The molecular formula is C20H20N2O2S. The quantitative estimate of drug-likeness (QED) is 0.641. The predicted octanol–water partition coefficient (Wildman–Crippen LogP) is 4.66. The summed E-state index contributed by atoms with van der Waals surface area (Å²) in [6.45, 7) is 3.80. The fourth-order valence-corrected chi connectivity index (χ4v) is 3.91. The van der Waals surface area contributed by atoms with Gasteiger partial charge in [-0.3, -0.25) is 4.79 Å². The molecule has 25 heavy (non-hydrogen) atoms. The van der Waals surface area contributed by atoms with Crippen LogP contribution in [0.1, 0.15) is 34.3 Å². The normalized spacial score (nSPS) is 14.4. The summed E-state index contributed by atoms with van der Waals surface area (Å²) in [5.41, 5.74) is 4.80. The number of aryl methyl sites for hydroxylation is 1. The number of rotatable bonds is 4. The van der Waals surface area contributed by atoms with Gasteiger partial charge in [-0.15, -0.1) is 0 Å². The highest BCUT2D eigenvalue weighted by molar-refractivity contribution is 7.98. The maximum atomic E-state index is 12.4. The Kier molecular flexibility index (Phi) is 4.49. The van der Waals surface area contributed by atoms with Crippen molar-refractivity contribution in [1.29, 1.82) is 0 Å². The maximum Gasteiger partial charge on any atom is 0.257 e. The van der Waals surface area contributed by atoms with E-state index >= 15 is 0 Å². The molecule has 1 aliphatic rings. The number of aromatic nitrogens is 1. The zero-order chi connectivity index (χ0) is 17.2. The van der Waals surface area contributed by atoms with Crippen molar-refractivity contribution in [2.45, 2.75) is 30.7 Å². The summed E-state index contributed by atoms with van der Waals surface area (Å²) in [7, 11) is 0. The number of fused-ring (bicyclic) bond motifs is 1. The second-order valence-corrected chi connectivity index (χ2v) is 7.31. The van der Waals surface area contributed by atoms with Crippen LogP contribution in [-0.2, 0) is 5.75 Å². The van der Waals surface area contributed by atoms with Crippen LogP contribution in [0.3, 0.4) is 0 Å². The van der Waals surface area contributed by atoms with Gasteiger partial charge in [0.1, 0.15) is 5.52 Å². The minimum absolute atomic E-state index is 0.145. The lowest BCUT2D eigenvalue weighted by atomic mass is 10.1. The number of likely N-dealkylation sites (tertiary alicyclic amines) is 1. The number of thioether (sulfide) groups is 1. The average molecular weight is 352 g/mol. The van der Waals surface area contributed by atoms with E-state index in [1.54, 1.807) is 11.8 Å². The fourth-order valence-electron chi connectivity index (χ4n) is 3.12. The summed E-state index contributed by atoms with van der Waals surface area (Å²) in [6.07, 6.45) is 2.23. The van der Waals surface area contributed by atoms with E-state index in [1.807, 2.05) is 54.3 Å². The van der Waals surface area contributed by atoms with Crippen molar-refractivity contribution in [3.05, 3.63) is 59.2 Å². The molecule has 0 unspecified atom stereocenters. The van der Waals surface area contributed by atoms with Gasteiger partial charge < -0.3 is 9.32 Å². The van der Waals surface area contributed by atoms with Gasteiger partial charge in [0.15, 0.2) is 5.58 Å². The minimum Gasteiger partial charge on any atom is -0.431 e. The lowest BCUT2D eigenvalue weighted by molar-refractivity contribution is 0.0793. The number of nitrogens with zero attached hydrogens (tertiary/aromatic N) is 2. The highest BCUT2D eigenvalue weighted by atomic mass is 32.2. The van der Waals surface area contributed by atoms with Gasteiger partial charge in [0.05, 0.1) is 0 Å². The van der Waals surface area contributed by atoms with E-state index in [2.05, 4.69) is 4.98 Å². The minimum atomic E-state index is 0.145. The summed E-state index contributed by atoms with van der Waals surface area (Å²) in [4.78, 5) is 18.9. The SMILES string of the molecule is Cc1cccc2oc(SCc3ccc(C(=O)N4CCCC4)cc3)nc12. The lowest BCUT2D eigenvalue weighted by Crippen LogP contribution is -2.27. The first-order valence-corrected chi connectivity index (χ1v) is 9.56. The number of hydrogen-bond acceptors (Lipinski definition) is 4. The van der Waals surface area contributed by atoms with Crippen LogP contribution in [0.4, 0.5) is 0 Å². The Hall–Kier alpha value is -2.27. The first kappa shape index (κ1) is 16.2. The Labute approximate surface area is 151 Å². The van der Waals surface area contributed by atoms with Gasteiger partial charge in [-0.1, -0.05) is 36.0 Å². The molecule has 0 saturated carbocycles. The summed E-state index contributed by atoms with van der Waals surface area (Å²) in [6, 6.07) is 13.8. The Morgan fingerprint density at radius 2 is 1.92 bits per heavy atom. The topological polar surface area (TPSA) is 46.3 Å². The molecule has 0 spiro atoms. The second-order valence-electron chi connectivity index (χ2n) is 6.39. The van der Waals surface area contributed by atoms with Crippen LogP contribution in [0.25, 0.3) is 11.1 Å². The van der Waals surface area contributed by atoms with Crippen LogP contribution >= 0.6 is 11.8 Å². The molecule has 4 rings (SSSR count). The number of hydrogen-bond donors (Lipinski definition) is 0. The molecule has 0 N–H and O–H groups in total. The van der Waals surface area contributed by atoms with Crippen LogP contribution in [0, 0.1) is 6.92 Å². The molecule has 1 aliphatic heterocycles. The standard InChI is InChI=1S/C20H20N2O2S/c1-14-5-4-6-17-18(14)21-20(24-17)25-13-15-7-9-16(10-8-15)19(23)22-11-2-3-12-22/h4-10H,2-3,11-13H2,1H3. The molecule has 128 valence electrons. The molecule has 2 aromatic carbocycles. The van der Waals surface area contributed by atoms with Gasteiger partial charge >= 0.3 is 0 Å². The third kappa shape index (κ3) is 3.42. The van der Waals surface area contributed by atoms with E-state index < -0.39 is 0 Å². The fraction of sp³-hybridized carbons (Fsp3) is 0.300. The summed E-state index contributed by atoms with van der Waals surface area (Å²) in [5, 5.41) is 0.682. The molecule has 5 heteroatoms. The number of para-hydroxylation sites is 1. The predicted molar refractivity (Wildman–Crippen MR) is 99.9 cm³/mol. The Bertz CT molecular complexity index is 896. The smallest absolute Gasteiger partial charge is 0.257 e. The molecule has 0 atom stereocenters. The molecule has 0 radical (unpaired) electrons. The first-order valence-electron chi connectivity index (χ1n) is 8.58. The van der Waals surface area contributed by atoms with Gasteiger partial charge in [-0.25, -0.2) is 4.98 Å². The van der Waals surface area contributed by atoms with Crippen LogP contribution < -0.4 is 0 Å². The molecule has 0 aliphatic carbocycles. The van der Waals surface area contributed by atoms with Crippen molar-refractivity contribution >= 4 is 28.8 Å². The highest BCUT2D eigenvalue weighted by Crippen LogP contribution is 2.27. The molecule has 3 aromatic rings. The van der Waals surface area contributed by atoms with E-state index in [9.17, 15) is 4.79 Å². The van der Waals surface area contributed by atoms with Crippen molar-refractivity contribution < 1.29 is 9.21 Å². The molecule has 0 bridgehead atoms.